The Morgan fingerprint density at radius 1 is 0.387 bits per heavy atom. The summed E-state index contributed by atoms with van der Waals surface area (Å²) in [6.45, 7) is 0. The molecular weight excluding hydrogens is 773 g/mol. The Labute approximate surface area is 361 Å². The number of para-hydroxylation sites is 4. The van der Waals surface area contributed by atoms with Crippen LogP contribution in [0.1, 0.15) is 0 Å². The largest absolute Gasteiger partial charge is 0.455 e. The van der Waals surface area contributed by atoms with Crippen molar-refractivity contribution < 1.29 is 4.42 Å². The Balaban J connectivity index is 1.03. The summed E-state index contributed by atoms with van der Waals surface area (Å²) in [6, 6.07) is 79.2. The van der Waals surface area contributed by atoms with Gasteiger partial charge in [-0.2, -0.15) is 0 Å². The second-order valence-corrected chi connectivity index (χ2v) is 17.1. The first-order valence-electron chi connectivity index (χ1n) is 21.1. The van der Waals surface area contributed by atoms with E-state index < -0.39 is 0 Å². The van der Waals surface area contributed by atoms with Gasteiger partial charge >= 0.3 is 0 Å². The maximum Gasteiger partial charge on any atom is 0.143 e. The number of benzene rings is 10. The fraction of sp³-hybridized carbons (Fsp3) is 0. The summed E-state index contributed by atoms with van der Waals surface area (Å²) in [4.78, 5) is 2.47. The molecule has 4 heteroatoms. The molecule has 13 aromatic rings. The molecule has 0 saturated heterocycles. The molecule has 0 amide bonds. The molecule has 3 nitrogen and oxygen atoms in total. The standard InChI is InChI=1S/C58H36N2OS/c1-2-17-41-37(15-1)33-36-47-56-45(22-13-28-53(56)61-58(41)47)44-20-6-9-24-49(44)59(52-27-14-30-55-57(52)46-21-7-12-29-54(46)62-55)39-34-31-38(32-35-39)40-16-3-8-23-48(40)60-50-25-10-4-18-42(50)43-19-5-11-26-51(43)60/h1-36H. The van der Waals surface area contributed by atoms with Crippen molar-refractivity contribution in [3.8, 4) is 27.9 Å². The Morgan fingerprint density at radius 2 is 1.00 bits per heavy atom. The average molecular weight is 809 g/mol. The Kier molecular flexibility index (Phi) is 7.78. The van der Waals surface area contributed by atoms with Gasteiger partial charge < -0.3 is 13.9 Å². The predicted molar refractivity (Wildman–Crippen MR) is 264 cm³/mol. The minimum atomic E-state index is 0.882. The van der Waals surface area contributed by atoms with Crippen LogP contribution in [0.3, 0.4) is 0 Å². The lowest BCUT2D eigenvalue weighted by Gasteiger charge is -2.29. The molecule has 0 bridgehead atoms. The van der Waals surface area contributed by atoms with E-state index in [0.29, 0.717) is 0 Å². The number of thiophene rings is 1. The summed E-state index contributed by atoms with van der Waals surface area (Å²) in [5.74, 6) is 0. The maximum absolute atomic E-state index is 6.72. The Morgan fingerprint density at radius 3 is 1.82 bits per heavy atom. The van der Waals surface area contributed by atoms with Gasteiger partial charge in [0.25, 0.3) is 0 Å². The molecule has 0 N–H and O–H groups in total. The normalized spacial score (nSPS) is 11.9. The minimum Gasteiger partial charge on any atom is -0.455 e. The number of furan rings is 1. The SMILES string of the molecule is c1ccc(N(c2ccc(-c3ccccc3-n3c4ccccc4c4ccccc43)cc2)c2cccc3sc4ccccc4c23)c(-c2cccc3oc4c5ccccc5ccc4c23)c1. The maximum atomic E-state index is 6.72. The highest BCUT2D eigenvalue weighted by Gasteiger charge is 2.24. The van der Waals surface area contributed by atoms with E-state index in [1.807, 2.05) is 11.3 Å². The molecule has 13 rings (SSSR count). The van der Waals surface area contributed by atoms with E-state index in [2.05, 4.69) is 228 Å². The van der Waals surface area contributed by atoms with Crippen molar-refractivity contribution in [3.05, 3.63) is 218 Å². The molecule has 10 aromatic carbocycles. The number of anilines is 3. The summed E-state index contributed by atoms with van der Waals surface area (Å²) >= 11 is 1.85. The van der Waals surface area contributed by atoms with Crippen LogP contribution in [-0.4, -0.2) is 4.57 Å². The van der Waals surface area contributed by atoms with E-state index in [1.54, 1.807) is 0 Å². The number of rotatable bonds is 6. The smallest absolute Gasteiger partial charge is 0.143 e. The van der Waals surface area contributed by atoms with Gasteiger partial charge in [-0.3, -0.25) is 0 Å². The van der Waals surface area contributed by atoms with E-state index in [0.717, 1.165) is 66.8 Å². The first kappa shape index (κ1) is 34.9. The van der Waals surface area contributed by atoms with Crippen LogP contribution in [0.25, 0.3) is 103 Å². The third-order valence-corrected chi connectivity index (χ3v) is 13.7. The predicted octanol–water partition coefficient (Wildman–Crippen LogP) is 17.0. The average Bonchev–Trinajstić information content (AvgIpc) is 4.02. The van der Waals surface area contributed by atoms with Crippen molar-refractivity contribution in [1.29, 1.82) is 0 Å². The molecule has 0 fully saturated rings. The van der Waals surface area contributed by atoms with Crippen molar-refractivity contribution in [2.24, 2.45) is 0 Å². The van der Waals surface area contributed by atoms with Gasteiger partial charge in [0.05, 0.1) is 28.1 Å². The van der Waals surface area contributed by atoms with Crippen LogP contribution < -0.4 is 4.90 Å². The van der Waals surface area contributed by atoms with E-state index in [9.17, 15) is 0 Å². The zero-order valence-corrected chi connectivity index (χ0v) is 34.3. The molecule has 62 heavy (non-hydrogen) atoms. The molecule has 0 aliphatic carbocycles. The van der Waals surface area contributed by atoms with Crippen molar-refractivity contribution >= 4 is 103 Å². The molecule has 0 saturated carbocycles. The molecule has 0 aliphatic heterocycles. The highest BCUT2D eigenvalue weighted by Crippen LogP contribution is 2.49. The number of fused-ring (bicyclic) bond motifs is 11. The van der Waals surface area contributed by atoms with Crippen LogP contribution in [0, 0.1) is 0 Å². The molecule has 0 aliphatic rings. The van der Waals surface area contributed by atoms with Crippen molar-refractivity contribution in [2.75, 3.05) is 4.90 Å². The van der Waals surface area contributed by atoms with Crippen LogP contribution in [0.15, 0.2) is 223 Å². The molecular formula is C58H36N2OS. The van der Waals surface area contributed by atoms with Gasteiger partial charge in [-0.15, -0.1) is 11.3 Å². The fourth-order valence-corrected chi connectivity index (χ4v) is 11.0. The molecule has 0 radical (unpaired) electrons. The summed E-state index contributed by atoms with van der Waals surface area (Å²) in [7, 11) is 0. The molecule has 0 spiro atoms. The fourth-order valence-electron chi connectivity index (χ4n) is 9.91. The Hall–Kier alpha value is -7.92. The molecule has 3 aromatic heterocycles. The van der Waals surface area contributed by atoms with Gasteiger partial charge in [-0.1, -0.05) is 152 Å². The first-order valence-corrected chi connectivity index (χ1v) is 21.9. The lowest BCUT2D eigenvalue weighted by atomic mass is 9.95. The van der Waals surface area contributed by atoms with Gasteiger partial charge in [0.15, 0.2) is 0 Å². The minimum absolute atomic E-state index is 0.882. The molecule has 290 valence electrons. The molecule has 0 atom stereocenters. The monoisotopic (exact) mass is 808 g/mol. The van der Waals surface area contributed by atoms with E-state index in [1.165, 1.54) is 52.9 Å². The zero-order valence-electron chi connectivity index (χ0n) is 33.5. The number of aromatic nitrogens is 1. The van der Waals surface area contributed by atoms with Crippen molar-refractivity contribution in [2.45, 2.75) is 0 Å². The lowest BCUT2D eigenvalue weighted by Crippen LogP contribution is -2.11. The van der Waals surface area contributed by atoms with Crippen LogP contribution in [-0.2, 0) is 0 Å². The van der Waals surface area contributed by atoms with E-state index >= 15 is 0 Å². The van der Waals surface area contributed by atoms with Crippen LogP contribution in [0.2, 0.25) is 0 Å². The number of hydrogen-bond donors (Lipinski definition) is 0. The van der Waals surface area contributed by atoms with Gasteiger partial charge in [0.2, 0.25) is 0 Å². The van der Waals surface area contributed by atoms with E-state index in [-0.39, 0.29) is 0 Å². The number of nitrogens with zero attached hydrogens (tertiary/aromatic N) is 2. The van der Waals surface area contributed by atoms with Gasteiger partial charge in [0.1, 0.15) is 11.2 Å². The van der Waals surface area contributed by atoms with Crippen LogP contribution in [0.4, 0.5) is 17.1 Å². The zero-order chi connectivity index (χ0) is 40.7. The summed E-state index contributed by atoms with van der Waals surface area (Å²) < 4.78 is 11.7. The second kappa shape index (κ2) is 13.8. The van der Waals surface area contributed by atoms with E-state index in [4.69, 9.17) is 4.42 Å². The molecule has 3 heterocycles. The van der Waals surface area contributed by atoms with Crippen molar-refractivity contribution in [1.82, 2.24) is 4.57 Å². The third kappa shape index (κ3) is 5.24. The van der Waals surface area contributed by atoms with Crippen LogP contribution >= 0.6 is 11.3 Å². The second-order valence-electron chi connectivity index (χ2n) is 16.0. The first-order chi connectivity index (χ1) is 30.8. The summed E-state index contributed by atoms with van der Waals surface area (Å²) in [5, 5.41) is 9.56. The summed E-state index contributed by atoms with van der Waals surface area (Å²) in [6.07, 6.45) is 0. The van der Waals surface area contributed by atoms with Gasteiger partial charge in [-0.25, -0.2) is 0 Å². The van der Waals surface area contributed by atoms with Crippen molar-refractivity contribution in [3.63, 3.8) is 0 Å². The van der Waals surface area contributed by atoms with Crippen LogP contribution in [0.5, 0.6) is 0 Å². The highest BCUT2D eigenvalue weighted by molar-refractivity contribution is 7.26. The Bertz CT molecular complexity index is 3830. The lowest BCUT2D eigenvalue weighted by molar-refractivity contribution is 0.673. The quantitative estimate of drug-likeness (QED) is 0.167. The van der Waals surface area contributed by atoms with Gasteiger partial charge in [0, 0.05) is 63.9 Å². The van der Waals surface area contributed by atoms with Gasteiger partial charge in [-0.05, 0) is 83.2 Å². The summed E-state index contributed by atoms with van der Waals surface area (Å²) in [5.41, 5.74) is 13.3. The topological polar surface area (TPSA) is 21.3 Å². The third-order valence-electron chi connectivity index (χ3n) is 12.6. The number of hydrogen-bond acceptors (Lipinski definition) is 3. The highest BCUT2D eigenvalue weighted by atomic mass is 32.1. The molecule has 0 unspecified atom stereocenters.